The van der Waals surface area contributed by atoms with Crippen LogP contribution < -0.4 is 0 Å². The summed E-state index contributed by atoms with van der Waals surface area (Å²) < 4.78 is 11.2. The highest BCUT2D eigenvalue weighted by Crippen LogP contribution is 2.15. The first-order chi connectivity index (χ1) is 24.0. The molecule has 0 aromatic rings. The topological polar surface area (TPSA) is 76.1 Å². The third-order valence-electron chi connectivity index (χ3n) is 9.70. The van der Waals surface area contributed by atoms with E-state index in [4.69, 9.17) is 9.47 Å². The zero-order valence-corrected chi connectivity index (χ0v) is 32.3. The number of esters is 2. The second-order valence-corrected chi connectivity index (χ2v) is 14.8. The monoisotopic (exact) mass is 690 g/mol. The molecule has 1 rings (SSSR count). The molecule has 0 aromatic carbocycles. The Bertz CT molecular complexity index is 750. The Kier molecular flexibility index (Phi) is 32.2. The average molecular weight is 690 g/mol. The van der Waals surface area contributed by atoms with Crippen LogP contribution in [0.15, 0.2) is 24.3 Å². The number of likely N-dealkylation sites (tertiary alicyclic amines) is 1. The highest BCUT2D eigenvalue weighted by Gasteiger charge is 2.28. The number of aliphatic hydroxyl groups excluding tert-OH is 1. The SMILES string of the molecule is CCCCCCCC/C=C\CCCCCCCC(=O)OCC(COC(=O)CCCCCCC/C=C\CCCCCCCC)CN1CC(O)C1. The predicted octanol–water partition coefficient (Wildman–Crippen LogP) is 11.4. The number of unbranched alkanes of at least 4 members (excludes halogenated alkanes) is 22. The lowest BCUT2D eigenvalue weighted by Gasteiger charge is -2.37. The van der Waals surface area contributed by atoms with E-state index in [1.807, 2.05) is 0 Å². The first-order valence-corrected chi connectivity index (χ1v) is 21.1. The summed E-state index contributed by atoms with van der Waals surface area (Å²) in [5.41, 5.74) is 0. The number of rotatable bonds is 36. The van der Waals surface area contributed by atoms with E-state index in [1.54, 1.807) is 0 Å². The molecule has 1 saturated heterocycles. The number of hydrogen-bond acceptors (Lipinski definition) is 6. The highest BCUT2D eigenvalue weighted by atomic mass is 16.5. The van der Waals surface area contributed by atoms with Gasteiger partial charge in [0, 0.05) is 38.4 Å². The Hall–Kier alpha value is -1.66. The third-order valence-corrected chi connectivity index (χ3v) is 9.70. The molecule has 1 aliphatic heterocycles. The molecule has 0 aromatic heterocycles. The molecule has 49 heavy (non-hydrogen) atoms. The van der Waals surface area contributed by atoms with Crippen LogP contribution in [0.2, 0.25) is 0 Å². The van der Waals surface area contributed by atoms with Gasteiger partial charge in [-0.1, -0.05) is 141 Å². The van der Waals surface area contributed by atoms with Crippen LogP contribution in [0.5, 0.6) is 0 Å². The van der Waals surface area contributed by atoms with Crippen LogP contribution in [0.25, 0.3) is 0 Å². The van der Waals surface area contributed by atoms with Gasteiger partial charge in [-0.2, -0.15) is 0 Å². The van der Waals surface area contributed by atoms with Crippen LogP contribution >= 0.6 is 0 Å². The Labute approximate surface area is 303 Å². The number of nitrogens with zero attached hydrogens (tertiary/aromatic N) is 1. The first kappa shape index (κ1) is 45.4. The second kappa shape index (κ2) is 34.8. The highest BCUT2D eigenvalue weighted by molar-refractivity contribution is 5.69. The predicted molar refractivity (Wildman–Crippen MR) is 207 cm³/mol. The molecule has 6 nitrogen and oxygen atoms in total. The van der Waals surface area contributed by atoms with Crippen LogP contribution in [-0.4, -0.2) is 60.9 Å². The number of carbonyl (C=O) groups excluding carboxylic acids is 2. The average Bonchev–Trinajstić information content (AvgIpc) is 3.08. The van der Waals surface area contributed by atoms with Gasteiger partial charge >= 0.3 is 11.9 Å². The second-order valence-electron chi connectivity index (χ2n) is 14.8. The van der Waals surface area contributed by atoms with E-state index in [2.05, 4.69) is 43.1 Å². The van der Waals surface area contributed by atoms with Crippen molar-refractivity contribution in [2.24, 2.45) is 5.92 Å². The van der Waals surface area contributed by atoms with Crippen molar-refractivity contribution in [3.8, 4) is 0 Å². The van der Waals surface area contributed by atoms with Gasteiger partial charge in [0.25, 0.3) is 0 Å². The zero-order valence-electron chi connectivity index (χ0n) is 32.3. The minimum absolute atomic E-state index is 0.0661. The van der Waals surface area contributed by atoms with Gasteiger partial charge in [-0.15, -0.1) is 0 Å². The van der Waals surface area contributed by atoms with E-state index >= 15 is 0 Å². The van der Waals surface area contributed by atoms with Gasteiger partial charge in [0.2, 0.25) is 0 Å². The van der Waals surface area contributed by atoms with Gasteiger partial charge in [-0.05, 0) is 64.2 Å². The summed E-state index contributed by atoms with van der Waals surface area (Å²) in [6.45, 7) is 6.97. The van der Waals surface area contributed by atoms with Gasteiger partial charge in [0.15, 0.2) is 0 Å². The molecule has 0 atom stereocenters. The maximum absolute atomic E-state index is 12.4. The van der Waals surface area contributed by atoms with Crippen molar-refractivity contribution in [2.75, 3.05) is 32.8 Å². The lowest BCUT2D eigenvalue weighted by atomic mass is 10.1. The minimum atomic E-state index is -0.284. The molecule has 1 fully saturated rings. The fourth-order valence-corrected chi connectivity index (χ4v) is 6.46. The van der Waals surface area contributed by atoms with E-state index in [-0.39, 0.29) is 37.2 Å². The smallest absolute Gasteiger partial charge is 0.305 e. The maximum atomic E-state index is 12.4. The number of carbonyl (C=O) groups is 2. The third kappa shape index (κ3) is 30.9. The normalized spacial score (nSPS) is 14.0. The number of hydrogen-bond donors (Lipinski definition) is 1. The summed E-state index contributed by atoms with van der Waals surface area (Å²) in [7, 11) is 0. The van der Waals surface area contributed by atoms with Crippen molar-refractivity contribution in [3.05, 3.63) is 24.3 Å². The van der Waals surface area contributed by atoms with Crippen molar-refractivity contribution in [3.63, 3.8) is 0 Å². The van der Waals surface area contributed by atoms with E-state index in [0.717, 1.165) is 51.4 Å². The molecule has 0 saturated carbocycles. The Balaban J connectivity index is 2.05. The van der Waals surface area contributed by atoms with Gasteiger partial charge < -0.3 is 14.6 Å². The summed E-state index contributed by atoms with van der Waals surface area (Å²) >= 11 is 0. The lowest BCUT2D eigenvalue weighted by molar-refractivity contribution is -0.150. The Morgan fingerprint density at radius 3 is 1.22 bits per heavy atom. The largest absolute Gasteiger partial charge is 0.465 e. The minimum Gasteiger partial charge on any atom is -0.465 e. The van der Waals surface area contributed by atoms with Crippen LogP contribution in [0, 0.1) is 5.92 Å². The van der Waals surface area contributed by atoms with Crippen LogP contribution in [0.3, 0.4) is 0 Å². The van der Waals surface area contributed by atoms with Crippen molar-refractivity contribution in [1.29, 1.82) is 0 Å². The summed E-state index contributed by atoms with van der Waals surface area (Å²) in [4.78, 5) is 27.0. The van der Waals surface area contributed by atoms with Gasteiger partial charge in [-0.25, -0.2) is 0 Å². The Morgan fingerprint density at radius 1 is 0.551 bits per heavy atom. The molecule has 0 spiro atoms. The van der Waals surface area contributed by atoms with Crippen molar-refractivity contribution in [2.45, 2.75) is 200 Å². The number of β-amino-alcohol motifs (C(OH)–C–C–N with tert-alkyl or cyclic N) is 1. The molecule has 286 valence electrons. The van der Waals surface area contributed by atoms with Gasteiger partial charge in [0.1, 0.15) is 0 Å². The molecule has 0 amide bonds. The molecule has 0 bridgehead atoms. The summed E-state index contributed by atoms with van der Waals surface area (Å²) in [5.74, 6) is -0.389. The fraction of sp³-hybridized carbons (Fsp3) is 0.860. The molecular weight excluding hydrogens is 610 g/mol. The van der Waals surface area contributed by atoms with E-state index in [9.17, 15) is 14.7 Å². The number of aliphatic hydroxyl groups is 1. The van der Waals surface area contributed by atoms with Crippen LogP contribution in [-0.2, 0) is 19.1 Å². The molecule has 0 radical (unpaired) electrons. The van der Waals surface area contributed by atoms with Crippen LogP contribution in [0.1, 0.15) is 194 Å². The van der Waals surface area contributed by atoms with Crippen molar-refractivity contribution < 1.29 is 24.2 Å². The summed E-state index contributed by atoms with van der Waals surface area (Å²) in [6.07, 6.45) is 42.1. The lowest BCUT2D eigenvalue weighted by Crippen LogP contribution is -2.53. The quantitative estimate of drug-likeness (QED) is 0.0401. The fourth-order valence-electron chi connectivity index (χ4n) is 6.46. The van der Waals surface area contributed by atoms with E-state index in [0.29, 0.717) is 32.5 Å². The molecule has 1 aliphatic rings. The van der Waals surface area contributed by atoms with Gasteiger partial charge in [-0.3, -0.25) is 14.5 Å². The first-order valence-electron chi connectivity index (χ1n) is 21.1. The van der Waals surface area contributed by atoms with E-state index < -0.39 is 0 Å². The molecule has 1 N–H and O–H groups in total. The summed E-state index contributed by atoms with van der Waals surface area (Å²) in [6, 6.07) is 0. The standard InChI is InChI=1S/C43H79NO5/c1-3-5-7-9-11-13-15-17-19-21-23-25-27-29-31-33-42(46)48-38-40(35-44-36-41(45)37-44)39-49-43(47)34-32-30-28-26-24-22-20-18-16-14-12-10-8-6-4-2/h17-20,40-41,45H,3-16,21-39H2,1-2H3/b19-17-,20-18-. The molecule has 1 heterocycles. The number of ether oxygens (including phenoxy) is 2. The van der Waals surface area contributed by atoms with Crippen molar-refractivity contribution >= 4 is 11.9 Å². The maximum Gasteiger partial charge on any atom is 0.305 e. The zero-order chi connectivity index (χ0) is 35.5. The molecule has 6 heteroatoms. The Morgan fingerprint density at radius 2 is 0.878 bits per heavy atom. The van der Waals surface area contributed by atoms with E-state index in [1.165, 1.54) is 116 Å². The number of allylic oxidation sites excluding steroid dienone is 4. The van der Waals surface area contributed by atoms with Crippen molar-refractivity contribution in [1.82, 2.24) is 4.90 Å². The molecule has 0 unspecified atom stereocenters. The van der Waals surface area contributed by atoms with Gasteiger partial charge in [0.05, 0.1) is 19.3 Å². The molecule has 0 aliphatic carbocycles. The summed E-state index contributed by atoms with van der Waals surface area (Å²) in [5, 5.41) is 9.67. The molecular formula is C43H79NO5. The van der Waals surface area contributed by atoms with Crippen LogP contribution in [0.4, 0.5) is 0 Å².